The van der Waals surface area contributed by atoms with Gasteiger partial charge in [0.25, 0.3) is 0 Å². The van der Waals surface area contributed by atoms with Crippen molar-refractivity contribution in [2.24, 2.45) is 0 Å². The van der Waals surface area contributed by atoms with Crippen molar-refractivity contribution < 1.29 is 0 Å². The number of rotatable bonds is 2. The van der Waals surface area contributed by atoms with Crippen molar-refractivity contribution in [3.63, 3.8) is 0 Å². The van der Waals surface area contributed by atoms with Crippen molar-refractivity contribution >= 4 is 22.5 Å². The van der Waals surface area contributed by atoms with Crippen molar-refractivity contribution in [2.75, 3.05) is 36.0 Å². The first-order valence-corrected chi connectivity index (χ1v) is 7.49. The summed E-state index contributed by atoms with van der Waals surface area (Å²) in [5.74, 6) is 0.765. The third kappa shape index (κ3) is 2.44. The summed E-state index contributed by atoms with van der Waals surface area (Å²) >= 11 is 0. The second kappa shape index (κ2) is 5.57. The van der Waals surface area contributed by atoms with Crippen LogP contribution in [0.4, 0.5) is 11.5 Å². The Kier molecular flexibility index (Phi) is 3.27. The van der Waals surface area contributed by atoms with E-state index in [2.05, 4.69) is 35.8 Å². The molecule has 2 aromatic heterocycles. The van der Waals surface area contributed by atoms with Gasteiger partial charge >= 0.3 is 0 Å². The van der Waals surface area contributed by atoms with Crippen molar-refractivity contribution in [3.05, 3.63) is 42.6 Å². The summed E-state index contributed by atoms with van der Waals surface area (Å²) in [6, 6.07) is 8.22. The molecule has 4 rings (SSSR count). The lowest BCUT2D eigenvalue weighted by atomic mass is 10.2. The van der Waals surface area contributed by atoms with Crippen LogP contribution in [0.1, 0.15) is 5.69 Å². The predicted octanol–water partition coefficient (Wildman–Crippen LogP) is 1.55. The number of benzene rings is 1. The largest absolute Gasteiger partial charge is 0.366 e. The number of anilines is 2. The molecule has 0 amide bonds. The highest BCUT2D eigenvalue weighted by Gasteiger charge is 2.20. The molecule has 1 aliphatic rings. The molecule has 3 heterocycles. The fourth-order valence-electron chi connectivity index (χ4n) is 2.94. The highest BCUT2D eigenvalue weighted by atomic mass is 15.3. The first-order chi connectivity index (χ1) is 11.3. The number of nitriles is 1. The van der Waals surface area contributed by atoms with Gasteiger partial charge in [-0.25, -0.2) is 9.97 Å². The van der Waals surface area contributed by atoms with Crippen molar-refractivity contribution in [1.29, 1.82) is 5.26 Å². The molecule has 0 aliphatic carbocycles. The topological polar surface area (TPSA) is 84.7 Å². The lowest BCUT2D eigenvalue weighted by Gasteiger charge is -2.36. The second-order valence-corrected chi connectivity index (χ2v) is 5.42. The number of aromatic amines is 1. The number of nitrogens with one attached hydrogen (secondary N) is 1. The van der Waals surface area contributed by atoms with Gasteiger partial charge < -0.3 is 14.8 Å². The van der Waals surface area contributed by atoms with E-state index >= 15 is 0 Å². The summed E-state index contributed by atoms with van der Waals surface area (Å²) in [5, 5.41) is 8.94. The Hall–Kier alpha value is -3.14. The zero-order chi connectivity index (χ0) is 15.6. The summed E-state index contributed by atoms with van der Waals surface area (Å²) in [5.41, 5.74) is 3.57. The van der Waals surface area contributed by atoms with Crippen LogP contribution in [0.25, 0.3) is 11.0 Å². The number of hydrogen-bond acceptors (Lipinski definition) is 6. The van der Waals surface area contributed by atoms with Gasteiger partial charge in [-0.1, -0.05) is 6.07 Å². The van der Waals surface area contributed by atoms with Gasteiger partial charge in [0.15, 0.2) is 5.69 Å². The van der Waals surface area contributed by atoms with E-state index in [1.54, 1.807) is 12.5 Å². The van der Waals surface area contributed by atoms with Crippen LogP contribution in [0.5, 0.6) is 0 Å². The molecule has 1 aliphatic heterocycles. The minimum Gasteiger partial charge on any atom is -0.366 e. The number of aromatic nitrogens is 4. The van der Waals surface area contributed by atoms with E-state index in [1.165, 1.54) is 6.20 Å². The molecule has 0 saturated carbocycles. The van der Waals surface area contributed by atoms with Crippen LogP contribution in [-0.2, 0) is 0 Å². The number of piperazine rings is 1. The van der Waals surface area contributed by atoms with Crippen LogP contribution >= 0.6 is 0 Å². The molecule has 1 aromatic carbocycles. The van der Waals surface area contributed by atoms with Gasteiger partial charge in [-0.15, -0.1) is 0 Å². The molecule has 0 atom stereocenters. The molecule has 23 heavy (non-hydrogen) atoms. The Balaban J connectivity index is 1.53. The molecule has 7 heteroatoms. The smallest absolute Gasteiger partial charge is 0.161 e. The van der Waals surface area contributed by atoms with E-state index in [1.807, 2.05) is 18.2 Å². The Morgan fingerprint density at radius 2 is 1.91 bits per heavy atom. The second-order valence-electron chi connectivity index (χ2n) is 5.42. The maximum Gasteiger partial charge on any atom is 0.161 e. The Bertz CT molecular complexity index is 871. The highest BCUT2D eigenvalue weighted by Crippen LogP contribution is 2.25. The number of hydrogen-bond donors (Lipinski definition) is 1. The van der Waals surface area contributed by atoms with Gasteiger partial charge in [-0.2, -0.15) is 5.26 Å². The van der Waals surface area contributed by atoms with E-state index in [4.69, 9.17) is 5.26 Å². The van der Waals surface area contributed by atoms with Gasteiger partial charge in [0, 0.05) is 26.2 Å². The Labute approximate surface area is 133 Å². The highest BCUT2D eigenvalue weighted by molar-refractivity contribution is 5.88. The minimum atomic E-state index is 0.353. The standard InChI is InChI=1S/C16H15N7/c17-8-12-9-18-10-15(21-12)23-6-4-22(5-7-23)14-3-1-2-13-16(14)20-11-19-13/h1-3,9-11H,4-7H2,(H,19,20). The first kappa shape index (κ1) is 13.5. The van der Waals surface area contributed by atoms with Crippen LogP contribution in [0.15, 0.2) is 36.9 Å². The average Bonchev–Trinajstić information content (AvgIpc) is 3.11. The predicted molar refractivity (Wildman–Crippen MR) is 87.3 cm³/mol. The zero-order valence-electron chi connectivity index (χ0n) is 12.5. The number of nitrogens with zero attached hydrogens (tertiary/aromatic N) is 6. The molecule has 0 bridgehead atoms. The monoisotopic (exact) mass is 305 g/mol. The van der Waals surface area contributed by atoms with Gasteiger partial charge in [0.05, 0.1) is 29.9 Å². The van der Waals surface area contributed by atoms with Crippen LogP contribution < -0.4 is 9.80 Å². The van der Waals surface area contributed by atoms with Gasteiger partial charge in [0.2, 0.25) is 0 Å². The summed E-state index contributed by atoms with van der Waals surface area (Å²) < 4.78 is 0. The molecule has 0 unspecified atom stereocenters. The fourth-order valence-corrected chi connectivity index (χ4v) is 2.94. The van der Waals surface area contributed by atoms with Gasteiger partial charge in [-0.3, -0.25) is 4.98 Å². The lowest BCUT2D eigenvalue weighted by Crippen LogP contribution is -2.47. The van der Waals surface area contributed by atoms with Gasteiger partial charge in [0.1, 0.15) is 17.4 Å². The normalized spacial score (nSPS) is 14.9. The number of fused-ring (bicyclic) bond motifs is 1. The molecule has 3 aromatic rings. The maximum absolute atomic E-state index is 8.94. The molecule has 1 N–H and O–H groups in total. The first-order valence-electron chi connectivity index (χ1n) is 7.49. The molecule has 7 nitrogen and oxygen atoms in total. The van der Waals surface area contributed by atoms with Gasteiger partial charge in [-0.05, 0) is 12.1 Å². The minimum absolute atomic E-state index is 0.353. The van der Waals surface area contributed by atoms with E-state index in [0.29, 0.717) is 5.69 Å². The van der Waals surface area contributed by atoms with Crippen LogP contribution in [0.3, 0.4) is 0 Å². The third-order valence-electron chi connectivity index (χ3n) is 4.11. The molecule has 0 radical (unpaired) electrons. The molecule has 1 saturated heterocycles. The Morgan fingerprint density at radius 1 is 1.09 bits per heavy atom. The lowest BCUT2D eigenvalue weighted by molar-refractivity contribution is 0.647. The SMILES string of the molecule is N#Cc1cncc(N2CCN(c3cccc4[nH]cnc34)CC2)n1. The Morgan fingerprint density at radius 3 is 2.74 bits per heavy atom. The summed E-state index contributed by atoms with van der Waals surface area (Å²) in [6.45, 7) is 3.43. The quantitative estimate of drug-likeness (QED) is 0.773. The van der Waals surface area contributed by atoms with Crippen molar-refractivity contribution in [1.82, 2.24) is 19.9 Å². The number of imidazole rings is 1. The van der Waals surface area contributed by atoms with E-state index in [0.717, 1.165) is 48.7 Å². The van der Waals surface area contributed by atoms with Crippen molar-refractivity contribution in [2.45, 2.75) is 0 Å². The summed E-state index contributed by atoms with van der Waals surface area (Å²) in [4.78, 5) is 20.5. The summed E-state index contributed by atoms with van der Waals surface area (Å²) in [6.07, 6.45) is 4.93. The average molecular weight is 305 g/mol. The van der Waals surface area contributed by atoms with Crippen LogP contribution in [0, 0.1) is 11.3 Å². The molecule has 1 fully saturated rings. The fraction of sp³-hybridized carbons (Fsp3) is 0.250. The molecular weight excluding hydrogens is 290 g/mol. The molecule has 114 valence electrons. The summed E-state index contributed by atoms with van der Waals surface area (Å²) in [7, 11) is 0. The van der Waals surface area contributed by atoms with Crippen LogP contribution in [0.2, 0.25) is 0 Å². The van der Waals surface area contributed by atoms with E-state index in [-0.39, 0.29) is 0 Å². The number of para-hydroxylation sites is 1. The van der Waals surface area contributed by atoms with E-state index < -0.39 is 0 Å². The maximum atomic E-state index is 8.94. The van der Waals surface area contributed by atoms with Crippen molar-refractivity contribution in [3.8, 4) is 6.07 Å². The zero-order valence-corrected chi connectivity index (χ0v) is 12.5. The molecular formula is C16H15N7. The number of H-pyrrole nitrogens is 1. The van der Waals surface area contributed by atoms with Crippen LogP contribution in [-0.4, -0.2) is 46.1 Å². The third-order valence-corrected chi connectivity index (χ3v) is 4.11. The molecule has 0 spiro atoms. The van der Waals surface area contributed by atoms with E-state index in [9.17, 15) is 0 Å².